The molecule has 1 amide bonds. The van der Waals surface area contributed by atoms with E-state index in [0.29, 0.717) is 5.92 Å². The van der Waals surface area contributed by atoms with Crippen LogP contribution in [0.5, 0.6) is 0 Å². The second-order valence-corrected chi connectivity index (χ2v) is 7.37. The Balaban J connectivity index is 1.37. The lowest BCUT2D eigenvalue weighted by Crippen LogP contribution is -2.37. The Kier molecular flexibility index (Phi) is 6.70. The molecule has 0 saturated carbocycles. The molecule has 1 N–H and O–H groups in total. The lowest BCUT2D eigenvalue weighted by Gasteiger charge is -2.31. The van der Waals surface area contributed by atoms with Crippen molar-refractivity contribution in [2.75, 3.05) is 25.0 Å². The molecule has 1 heterocycles. The van der Waals surface area contributed by atoms with Gasteiger partial charge in [-0.15, -0.1) is 0 Å². The highest BCUT2D eigenvalue weighted by Gasteiger charge is 2.20. The summed E-state index contributed by atoms with van der Waals surface area (Å²) in [4.78, 5) is 13.4. The second-order valence-electron chi connectivity index (χ2n) is 7.37. The minimum Gasteiger partial charge on any atom is -0.385 e. The van der Waals surface area contributed by atoms with E-state index < -0.39 is 0 Å². The topological polar surface area (TPSA) is 32.3 Å². The van der Waals surface area contributed by atoms with Crippen molar-refractivity contribution in [3.63, 3.8) is 0 Å². The number of anilines is 1. The zero-order valence-corrected chi connectivity index (χ0v) is 15.8. The summed E-state index contributed by atoms with van der Waals surface area (Å²) < 4.78 is 0. The fourth-order valence-electron chi connectivity index (χ4n) is 3.71. The monoisotopic (exact) mass is 350 g/mol. The maximum Gasteiger partial charge on any atom is 0.219 e. The van der Waals surface area contributed by atoms with Crippen LogP contribution in [0, 0.1) is 5.92 Å². The number of nitrogens with zero attached hydrogens (tertiary/aromatic N) is 1. The number of rotatable bonds is 7. The summed E-state index contributed by atoms with van der Waals surface area (Å²) in [5.74, 6) is 0.918. The van der Waals surface area contributed by atoms with Gasteiger partial charge in [0.05, 0.1) is 0 Å². The lowest BCUT2D eigenvalue weighted by molar-refractivity contribution is -0.130. The van der Waals surface area contributed by atoms with Crippen molar-refractivity contribution in [1.29, 1.82) is 0 Å². The normalized spacial score (nSPS) is 15.0. The molecule has 3 nitrogen and oxygen atoms in total. The van der Waals surface area contributed by atoms with Gasteiger partial charge in [0.15, 0.2) is 0 Å². The van der Waals surface area contributed by atoms with Crippen LogP contribution in [-0.4, -0.2) is 30.4 Å². The molecular weight excluding hydrogens is 320 g/mol. The standard InChI is InChI=1S/C23H30N2O/c1-19(26)25-16-13-22(14-17-25)18-21-9-11-23(12-10-21)24-15-5-8-20-6-3-2-4-7-20/h2-4,6-7,9-12,22,24H,5,8,13-18H2,1H3. The smallest absolute Gasteiger partial charge is 0.219 e. The Labute approximate surface area is 157 Å². The second kappa shape index (κ2) is 9.42. The Morgan fingerprint density at radius 2 is 1.69 bits per heavy atom. The molecule has 0 bridgehead atoms. The molecule has 1 aliphatic heterocycles. The van der Waals surface area contributed by atoms with Gasteiger partial charge < -0.3 is 10.2 Å². The summed E-state index contributed by atoms with van der Waals surface area (Å²) in [6.45, 7) is 4.51. The van der Waals surface area contributed by atoms with Crippen LogP contribution in [0.1, 0.15) is 37.3 Å². The lowest BCUT2D eigenvalue weighted by atomic mass is 9.90. The number of hydrogen-bond donors (Lipinski definition) is 1. The number of piperidine rings is 1. The van der Waals surface area contributed by atoms with Crippen molar-refractivity contribution in [2.24, 2.45) is 5.92 Å². The number of amides is 1. The van der Waals surface area contributed by atoms with Gasteiger partial charge >= 0.3 is 0 Å². The van der Waals surface area contributed by atoms with Crippen LogP contribution >= 0.6 is 0 Å². The molecule has 0 spiro atoms. The zero-order valence-electron chi connectivity index (χ0n) is 15.8. The predicted molar refractivity (Wildman–Crippen MR) is 108 cm³/mol. The maximum absolute atomic E-state index is 11.4. The largest absolute Gasteiger partial charge is 0.385 e. The van der Waals surface area contributed by atoms with Gasteiger partial charge in [-0.3, -0.25) is 4.79 Å². The van der Waals surface area contributed by atoms with Crippen LogP contribution < -0.4 is 5.32 Å². The highest BCUT2D eigenvalue weighted by Crippen LogP contribution is 2.22. The van der Waals surface area contributed by atoms with Crippen molar-refractivity contribution >= 4 is 11.6 Å². The van der Waals surface area contributed by atoms with Crippen LogP contribution in [0.3, 0.4) is 0 Å². The summed E-state index contributed by atoms with van der Waals surface area (Å²) in [7, 11) is 0. The van der Waals surface area contributed by atoms with Crippen LogP contribution in [0.2, 0.25) is 0 Å². The van der Waals surface area contributed by atoms with E-state index in [1.807, 2.05) is 4.90 Å². The first-order chi connectivity index (χ1) is 12.7. The van der Waals surface area contributed by atoms with E-state index in [4.69, 9.17) is 0 Å². The van der Waals surface area contributed by atoms with Crippen molar-refractivity contribution in [3.05, 3.63) is 65.7 Å². The first kappa shape index (κ1) is 18.5. The van der Waals surface area contributed by atoms with Gasteiger partial charge in [-0.05, 0) is 61.3 Å². The van der Waals surface area contributed by atoms with Crippen molar-refractivity contribution in [1.82, 2.24) is 4.90 Å². The summed E-state index contributed by atoms with van der Waals surface area (Å²) in [6.07, 6.45) is 5.63. The van der Waals surface area contributed by atoms with Gasteiger partial charge in [0.2, 0.25) is 5.91 Å². The molecule has 1 aliphatic rings. The third-order valence-corrected chi connectivity index (χ3v) is 5.35. The number of carbonyl (C=O) groups excluding carboxylic acids is 1. The van der Waals surface area contributed by atoms with Gasteiger partial charge in [0.1, 0.15) is 0 Å². The van der Waals surface area contributed by atoms with Crippen LogP contribution in [0.15, 0.2) is 54.6 Å². The van der Waals surface area contributed by atoms with Gasteiger partial charge in [-0.1, -0.05) is 42.5 Å². The van der Waals surface area contributed by atoms with Gasteiger partial charge in [-0.2, -0.15) is 0 Å². The Morgan fingerprint density at radius 3 is 2.35 bits per heavy atom. The van der Waals surface area contributed by atoms with Crippen molar-refractivity contribution < 1.29 is 4.79 Å². The fourth-order valence-corrected chi connectivity index (χ4v) is 3.71. The molecule has 3 rings (SSSR count). The van der Waals surface area contributed by atoms with E-state index in [2.05, 4.69) is 59.9 Å². The molecule has 138 valence electrons. The predicted octanol–water partition coefficient (Wildman–Crippen LogP) is 4.53. The zero-order chi connectivity index (χ0) is 18.2. The summed E-state index contributed by atoms with van der Waals surface area (Å²) >= 11 is 0. The molecule has 3 heteroatoms. The summed E-state index contributed by atoms with van der Waals surface area (Å²) in [6, 6.07) is 19.5. The van der Waals surface area contributed by atoms with Gasteiger partial charge in [0.25, 0.3) is 0 Å². The highest BCUT2D eigenvalue weighted by atomic mass is 16.2. The van der Waals surface area contributed by atoms with E-state index in [-0.39, 0.29) is 5.91 Å². The number of benzene rings is 2. The molecule has 2 aromatic rings. The number of nitrogens with one attached hydrogen (secondary N) is 1. The maximum atomic E-state index is 11.4. The van der Waals surface area contributed by atoms with Gasteiger partial charge in [-0.25, -0.2) is 0 Å². The third kappa shape index (κ3) is 5.62. The Morgan fingerprint density at radius 1 is 1.00 bits per heavy atom. The molecule has 0 radical (unpaired) electrons. The minimum absolute atomic E-state index is 0.214. The quantitative estimate of drug-likeness (QED) is 0.744. The number of likely N-dealkylation sites (tertiary alicyclic amines) is 1. The van der Waals surface area contributed by atoms with Crippen LogP contribution in [0.4, 0.5) is 5.69 Å². The molecule has 2 aromatic carbocycles. The highest BCUT2D eigenvalue weighted by molar-refractivity contribution is 5.73. The van der Waals surface area contributed by atoms with Crippen molar-refractivity contribution in [3.8, 4) is 0 Å². The van der Waals surface area contributed by atoms with E-state index in [1.54, 1.807) is 6.92 Å². The molecule has 1 fully saturated rings. The molecule has 0 aromatic heterocycles. The Bertz CT molecular complexity index is 673. The van der Waals surface area contributed by atoms with E-state index in [1.165, 1.54) is 16.8 Å². The first-order valence-electron chi connectivity index (χ1n) is 9.83. The SMILES string of the molecule is CC(=O)N1CCC(Cc2ccc(NCCCc3ccccc3)cc2)CC1. The first-order valence-corrected chi connectivity index (χ1v) is 9.83. The molecule has 1 saturated heterocycles. The summed E-state index contributed by atoms with van der Waals surface area (Å²) in [5, 5.41) is 3.52. The molecule has 0 atom stereocenters. The van der Waals surface area contributed by atoms with Crippen LogP contribution in [-0.2, 0) is 17.6 Å². The number of hydrogen-bond acceptors (Lipinski definition) is 2. The number of carbonyl (C=O) groups is 1. The minimum atomic E-state index is 0.214. The van der Waals surface area contributed by atoms with Crippen molar-refractivity contribution in [2.45, 2.75) is 39.0 Å². The fraction of sp³-hybridized carbons (Fsp3) is 0.435. The molecule has 0 unspecified atom stereocenters. The molecule has 26 heavy (non-hydrogen) atoms. The van der Waals surface area contributed by atoms with Gasteiger partial charge in [0, 0.05) is 32.2 Å². The average molecular weight is 351 g/mol. The average Bonchev–Trinajstić information content (AvgIpc) is 2.68. The molecule has 0 aliphatic carbocycles. The number of aryl methyl sites for hydroxylation is 1. The molecular formula is C23H30N2O. The van der Waals surface area contributed by atoms with E-state index >= 15 is 0 Å². The van der Waals surface area contributed by atoms with Crippen LogP contribution in [0.25, 0.3) is 0 Å². The summed E-state index contributed by atoms with van der Waals surface area (Å²) in [5.41, 5.74) is 4.01. The van der Waals surface area contributed by atoms with E-state index in [0.717, 1.165) is 51.7 Å². The Hall–Kier alpha value is -2.29. The van der Waals surface area contributed by atoms with E-state index in [9.17, 15) is 4.79 Å². The third-order valence-electron chi connectivity index (χ3n) is 5.35.